The van der Waals surface area contributed by atoms with E-state index < -0.39 is 0 Å². The molecule has 0 bridgehead atoms. The van der Waals surface area contributed by atoms with Gasteiger partial charge in [0.05, 0.1) is 6.61 Å². The number of hydrogen-bond acceptors (Lipinski definition) is 3. The van der Waals surface area contributed by atoms with Crippen molar-refractivity contribution in [1.82, 2.24) is 9.80 Å². The minimum atomic E-state index is 0.787. The average Bonchev–Trinajstić information content (AvgIpc) is 3.42. The van der Waals surface area contributed by atoms with Gasteiger partial charge in [-0.3, -0.25) is 4.90 Å². The molecule has 0 aromatic heterocycles. The summed E-state index contributed by atoms with van der Waals surface area (Å²) in [5, 5.41) is 0. The van der Waals surface area contributed by atoms with Crippen LogP contribution in [0.15, 0.2) is 24.3 Å². The lowest BCUT2D eigenvalue weighted by molar-refractivity contribution is 0.0992. The lowest BCUT2D eigenvalue weighted by Gasteiger charge is -2.38. The maximum atomic E-state index is 5.66. The van der Waals surface area contributed by atoms with E-state index in [-0.39, 0.29) is 0 Å². The number of ether oxygens (including phenoxy) is 1. The molecule has 0 amide bonds. The van der Waals surface area contributed by atoms with Crippen LogP contribution in [-0.4, -0.2) is 61.8 Å². The number of likely N-dealkylation sites (tertiary alicyclic amines) is 1. The second-order valence-corrected chi connectivity index (χ2v) is 9.58. The van der Waals surface area contributed by atoms with Gasteiger partial charge in [-0.2, -0.15) is 0 Å². The fraction of sp³-hybridized carbons (Fsp3) is 0.760. The molecule has 0 spiro atoms. The van der Waals surface area contributed by atoms with E-state index in [1.807, 2.05) is 0 Å². The van der Waals surface area contributed by atoms with Crippen LogP contribution in [0.3, 0.4) is 0 Å². The summed E-state index contributed by atoms with van der Waals surface area (Å²) in [7, 11) is 0. The third-order valence-electron chi connectivity index (χ3n) is 7.52. The Bertz CT molecular complexity index is 584. The molecule has 3 fully saturated rings. The molecule has 2 heterocycles. The molecule has 4 rings (SSSR count). The Morgan fingerprint density at radius 3 is 2.43 bits per heavy atom. The molecule has 3 nitrogen and oxygen atoms in total. The number of benzene rings is 1. The molecule has 0 radical (unpaired) electrons. The normalized spacial score (nSPS) is 25.1. The minimum Gasteiger partial charge on any atom is -0.381 e. The zero-order valence-corrected chi connectivity index (χ0v) is 18.0. The van der Waals surface area contributed by atoms with E-state index in [9.17, 15) is 0 Å². The molecule has 2 aliphatic heterocycles. The lowest BCUT2D eigenvalue weighted by Crippen LogP contribution is -2.44. The van der Waals surface area contributed by atoms with Crippen LogP contribution in [0.5, 0.6) is 0 Å². The largest absolute Gasteiger partial charge is 0.381 e. The summed E-state index contributed by atoms with van der Waals surface area (Å²) in [6.07, 6.45) is 11.0. The van der Waals surface area contributed by atoms with Gasteiger partial charge >= 0.3 is 0 Å². The van der Waals surface area contributed by atoms with Crippen molar-refractivity contribution in [1.29, 1.82) is 0 Å². The van der Waals surface area contributed by atoms with Gasteiger partial charge in [0.25, 0.3) is 0 Å². The van der Waals surface area contributed by atoms with Crippen molar-refractivity contribution in [3.05, 3.63) is 35.4 Å². The Hall–Kier alpha value is -0.900. The molecule has 1 aromatic carbocycles. The van der Waals surface area contributed by atoms with Crippen LogP contribution in [0.2, 0.25) is 0 Å². The van der Waals surface area contributed by atoms with Gasteiger partial charge in [0.1, 0.15) is 0 Å². The maximum Gasteiger partial charge on any atom is 0.0507 e. The highest BCUT2D eigenvalue weighted by Gasteiger charge is 2.29. The highest BCUT2D eigenvalue weighted by Crippen LogP contribution is 2.28. The molecule has 3 aliphatic rings. The standard InChI is InChI=1S/C25H40N2O/c1-21-6-2-3-7-24(21)12-16-26-14-10-22(11-15-26)18-27(25-8-4-5-9-25)19-23-13-17-28-20-23/h2-3,6-7,22-23,25H,4-5,8-20H2,1H3. The van der Waals surface area contributed by atoms with Gasteiger partial charge in [-0.25, -0.2) is 0 Å². The van der Waals surface area contributed by atoms with E-state index in [0.717, 1.165) is 31.1 Å². The molecular weight excluding hydrogens is 344 g/mol. The first-order chi connectivity index (χ1) is 13.8. The lowest BCUT2D eigenvalue weighted by atomic mass is 9.94. The summed E-state index contributed by atoms with van der Waals surface area (Å²) in [6, 6.07) is 9.74. The van der Waals surface area contributed by atoms with Crippen LogP contribution in [0.1, 0.15) is 56.1 Å². The molecule has 1 unspecified atom stereocenters. The van der Waals surface area contributed by atoms with Gasteiger partial charge in [-0.1, -0.05) is 37.1 Å². The highest BCUT2D eigenvalue weighted by molar-refractivity contribution is 5.25. The highest BCUT2D eigenvalue weighted by atomic mass is 16.5. The Balaban J connectivity index is 1.23. The Morgan fingerprint density at radius 1 is 0.964 bits per heavy atom. The monoisotopic (exact) mass is 384 g/mol. The number of aryl methyl sites for hydroxylation is 1. The summed E-state index contributed by atoms with van der Waals surface area (Å²) in [5.74, 6) is 1.69. The van der Waals surface area contributed by atoms with Crippen molar-refractivity contribution in [3.8, 4) is 0 Å². The molecule has 3 heteroatoms. The summed E-state index contributed by atoms with van der Waals surface area (Å²) in [5.41, 5.74) is 2.97. The molecule has 28 heavy (non-hydrogen) atoms. The van der Waals surface area contributed by atoms with Crippen LogP contribution in [-0.2, 0) is 11.2 Å². The SMILES string of the molecule is Cc1ccccc1CCN1CCC(CN(CC2CCOC2)C2CCCC2)CC1. The second kappa shape index (κ2) is 10.2. The zero-order chi connectivity index (χ0) is 19.2. The van der Waals surface area contributed by atoms with E-state index in [1.165, 1.54) is 95.2 Å². The Morgan fingerprint density at radius 2 is 1.71 bits per heavy atom. The molecule has 0 N–H and O–H groups in total. The third kappa shape index (κ3) is 5.58. The van der Waals surface area contributed by atoms with Crippen molar-refractivity contribution >= 4 is 0 Å². The topological polar surface area (TPSA) is 15.7 Å². The molecule has 156 valence electrons. The summed E-state index contributed by atoms with van der Waals surface area (Å²) in [6.45, 7) is 10.7. The summed E-state index contributed by atoms with van der Waals surface area (Å²) in [4.78, 5) is 5.59. The van der Waals surface area contributed by atoms with E-state index in [1.54, 1.807) is 0 Å². The van der Waals surface area contributed by atoms with Crippen LogP contribution >= 0.6 is 0 Å². The molecular formula is C25H40N2O. The van der Waals surface area contributed by atoms with E-state index in [2.05, 4.69) is 41.0 Å². The van der Waals surface area contributed by atoms with Crippen LogP contribution < -0.4 is 0 Å². The number of nitrogens with zero attached hydrogens (tertiary/aromatic N) is 2. The van der Waals surface area contributed by atoms with Crippen LogP contribution in [0.25, 0.3) is 0 Å². The number of hydrogen-bond donors (Lipinski definition) is 0. The fourth-order valence-corrected chi connectivity index (χ4v) is 5.59. The first-order valence-corrected chi connectivity index (χ1v) is 11.9. The fourth-order valence-electron chi connectivity index (χ4n) is 5.59. The van der Waals surface area contributed by atoms with Crippen molar-refractivity contribution in [3.63, 3.8) is 0 Å². The minimum absolute atomic E-state index is 0.787. The van der Waals surface area contributed by atoms with E-state index in [4.69, 9.17) is 4.74 Å². The number of rotatable bonds is 8. The quantitative estimate of drug-likeness (QED) is 0.655. The van der Waals surface area contributed by atoms with Gasteiger partial charge in [0.2, 0.25) is 0 Å². The maximum absolute atomic E-state index is 5.66. The molecule has 1 atom stereocenters. The zero-order valence-electron chi connectivity index (χ0n) is 18.0. The van der Waals surface area contributed by atoms with Gasteiger partial charge < -0.3 is 9.64 Å². The predicted octanol–water partition coefficient (Wildman–Crippen LogP) is 4.53. The van der Waals surface area contributed by atoms with E-state index >= 15 is 0 Å². The van der Waals surface area contributed by atoms with E-state index in [0.29, 0.717) is 0 Å². The molecule has 1 aliphatic carbocycles. The van der Waals surface area contributed by atoms with Gasteiger partial charge in [-0.15, -0.1) is 0 Å². The van der Waals surface area contributed by atoms with Crippen molar-refractivity contribution in [2.45, 2.75) is 64.3 Å². The van der Waals surface area contributed by atoms with Crippen molar-refractivity contribution in [2.24, 2.45) is 11.8 Å². The average molecular weight is 385 g/mol. The Labute approximate surface area is 172 Å². The smallest absolute Gasteiger partial charge is 0.0507 e. The Kier molecular flexibility index (Phi) is 7.44. The molecule has 1 aromatic rings. The first kappa shape index (κ1) is 20.4. The van der Waals surface area contributed by atoms with Crippen molar-refractivity contribution in [2.75, 3.05) is 45.9 Å². The van der Waals surface area contributed by atoms with Gasteiger partial charge in [0.15, 0.2) is 0 Å². The number of piperidine rings is 1. The molecule has 1 saturated carbocycles. The van der Waals surface area contributed by atoms with Gasteiger partial charge in [-0.05, 0) is 81.5 Å². The van der Waals surface area contributed by atoms with Gasteiger partial charge in [0, 0.05) is 32.3 Å². The van der Waals surface area contributed by atoms with Crippen LogP contribution in [0, 0.1) is 18.8 Å². The van der Waals surface area contributed by atoms with Crippen LogP contribution in [0.4, 0.5) is 0 Å². The second-order valence-electron chi connectivity index (χ2n) is 9.58. The summed E-state index contributed by atoms with van der Waals surface area (Å²) >= 11 is 0. The predicted molar refractivity (Wildman–Crippen MR) is 117 cm³/mol. The first-order valence-electron chi connectivity index (χ1n) is 11.9. The third-order valence-corrected chi connectivity index (χ3v) is 7.52. The molecule has 2 saturated heterocycles. The summed E-state index contributed by atoms with van der Waals surface area (Å²) < 4.78 is 5.66. The van der Waals surface area contributed by atoms with Crippen molar-refractivity contribution < 1.29 is 4.74 Å².